The molecule has 3 heteroatoms. The molecule has 0 amide bonds. The SMILES string of the molecule is Br.[B]c1ccncc1. The molecule has 0 aromatic carbocycles. The van der Waals surface area contributed by atoms with Crippen molar-refractivity contribution in [2.45, 2.75) is 0 Å². The molecule has 1 rings (SSSR count). The molecule has 0 spiro atoms. The third-order valence-corrected chi connectivity index (χ3v) is 0.706. The number of halogens is 1. The van der Waals surface area contributed by atoms with Gasteiger partial charge in [-0.3, -0.25) is 4.98 Å². The lowest BCUT2D eigenvalue weighted by Crippen LogP contribution is -1.98. The van der Waals surface area contributed by atoms with Gasteiger partial charge in [-0.1, -0.05) is 17.6 Å². The monoisotopic (exact) mass is 169 g/mol. The molecule has 0 saturated carbocycles. The molecule has 0 atom stereocenters. The second-order valence-electron chi connectivity index (χ2n) is 1.28. The first-order valence-electron chi connectivity index (χ1n) is 2.05. The van der Waals surface area contributed by atoms with Crippen molar-refractivity contribution in [3.63, 3.8) is 0 Å². The van der Waals surface area contributed by atoms with Gasteiger partial charge in [-0.2, -0.15) is 0 Å². The molecule has 1 aromatic rings. The van der Waals surface area contributed by atoms with Crippen LogP contribution in [0.1, 0.15) is 0 Å². The van der Waals surface area contributed by atoms with Crippen molar-refractivity contribution in [3.05, 3.63) is 24.5 Å². The minimum atomic E-state index is 0. The normalized spacial score (nSPS) is 7.50. The van der Waals surface area contributed by atoms with Crippen LogP contribution < -0.4 is 5.46 Å². The predicted molar refractivity (Wildman–Crippen MR) is 39.9 cm³/mol. The van der Waals surface area contributed by atoms with Crippen molar-refractivity contribution in [2.24, 2.45) is 0 Å². The van der Waals surface area contributed by atoms with Crippen LogP contribution in [-0.4, -0.2) is 12.8 Å². The molecule has 8 heavy (non-hydrogen) atoms. The minimum absolute atomic E-state index is 0. The number of pyridine rings is 1. The Hall–Kier alpha value is -0.305. The van der Waals surface area contributed by atoms with E-state index in [1.165, 1.54) is 0 Å². The van der Waals surface area contributed by atoms with Gasteiger partial charge in [-0.05, 0) is 0 Å². The van der Waals surface area contributed by atoms with E-state index in [0.29, 0.717) is 0 Å². The lowest BCUT2D eigenvalue weighted by Gasteiger charge is -1.82. The van der Waals surface area contributed by atoms with E-state index in [1.807, 2.05) is 0 Å². The van der Waals surface area contributed by atoms with E-state index in [1.54, 1.807) is 24.5 Å². The lowest BCUT2D eigenvalue weighted by atomic mass is 9.99. The average molecular weight is 170 g/mol. The maximum atomic E-state index is 5.32. The van der Waals surface area contributed by atoms with Gasteiger partial charge in [-0.25, -0.2) is 0 Å². The zero-order valence-corrected chi connectivity index (χ0v) is 5.96. The molecule has 1 aromatic heterocycles. The Morgan fingerprint density at radius 3 is 2.00 bits per heavy atom. The van der Waals surface area contributed by atoms with Gasteiger partial charge < -0.3 is 0 Å². The highest BCUT2D eigenvalue weighted by Crippen LogP contribution is 1.69. The Morgan fingerprint density at radius 2 is 1.75 bits per heavy atom. The van der Waals surface area contributed by atoms with Gasteiger partial charge >= 0.3 is 0 Å². The first-order valence-corrected chi connectivity index (χ1v) is 2.05. The molecule has 0 aliphatic rings. The summed E-state index contributed by atoms with van der Waals surface area (Å²) in [4.78, 5) is 3.77. The topological polar surface area (TPSA) is 12.9 Å². The molecule has 0 unspecified atom stereocenters. The standard InChI is InChI=1S/C5H4BN.BrH/c6-5-1-3-7-4-2-5;/h1-4H;1H. The maximum absolute atomic E-state index is 5.32. The Bertz CT molecular complexity index is 142. The summed E-state index contributed by atoms with van der Waals surface area (Å²) >= 11 is 0. The molecule has 0 bridgehead atoms. The van der Waals surface area contributed by atoms with Crippen molar-refractivity contribution in [1.29, 1.82) is 0 Å². The smallest absolute Gasteiger partial charge is 0.113 e. The molecular formula is C5H5BBrN. The van der Waals surface area contributed by atoms with Gasteiger partial charge in [-0.15, -0.1) is 17.0 Å². The zero-order valence-electron chi connectivity index (χ0n) is 4.24. The van der Waals surface area contributed by atoms with E-state index in [-0.39, 0.29) is 17.0 Å². The highest BCUT2D eigenvalue weighted by molar-refractivity contribution is 8.93. The maximum Gasteiger partial charge on any atom is 0.113 e. The van der Waals surface area contributed by atoms with Crippen LogP contribution in [0.15, 0.2) is 24.5 Å². The van der Waals surface area contributed by atoms with E-state index in [0.717, 1.165) is 5.46 Å². The van der Waals surface area contributed by atoms with Gasteiger partial charge in [0, 0.05) is 12.4 Å². The molecule has 1 heterocycles. The molecule has 0 saturated heterocycles. The number of hydrogen-bond donors (Lipinski definition) is 0. The molecule has 40 valence electrons. The Balaban J connectivity index is 0.000000490. The van der Waals surface area contributed by atoms with Crippen molar-refractivity contribution in [3.8, 4) is 0 Å². The fourth-order valence-corrected chi connectivity index (χ4v) is 0.363. The van der Waals surface area contributed by atoms with E-state index in [4.69, 9.17) is 7.85 Å². The van der Waals surface area contributed by atoms with E-state index >= 15 is 0 Å². The number of aromatic nitrogens is 1. The molecular weight excluding hydrogens is 165 g/mol. The summed E-state index contributed by atoms with van der Waals surface area (Å²) in [6, 6.07) is 3.50. The van der Waals surface area contributed by atoms with Crippen molar-refractivity contribution < 1.29 is 0 Å². The van der Waals surface area contributed by atoms with Crippen LogP contribution in [0.5, 0.6) is 0 Å². The largest absolute Gasteiger partial charge is 0.265 e. The Kier molecular flexibility index (Phi) is 3.53. The van der Waals surface area contributed by atoms with Crippen LogP contribution in [0.25, 0.3) is 0 Å². The first kappa shape index (κ1) is 7.69. The fourth-order valence-electron chi connectivity index (χ4n) is 0.363. The van der Waals surface area contributed by atoms with Crippen molar-refractivity contribution in [2.75, 3.05) is 0 Å². The van der Waals surface area contributed by atoms with Crippen LogP contribution in [0.3, 0.4) is 0 Å². The lowest BCUT2D eigenvalue weighted by molar-refractivity contribution is 1.34. The molecule has 0 aliphatic carbocycles. The third-order valence-electron chi connectivity index (χ3n) is 0.706. The van der Waals surface area contributed by atoms with Gasteiger partial charge in [0.05, 0.1) is 0 Å². The van der Waals surface area contributed by atoms with Crippen LogP contribution in [-0.2, 0) is 0 Å². The average Bonchev–Trinajstić information content (AvgIpc) is 1.69. The minimum Gasteiger partial charge on any atom is -0.265 e. The molecule has 2 radical (unpaired) electrons. The first-order chi connectivity index (χ1) is 3.39. The third kappa shape index (κ3) is 2.12. The van der Waals surface area contributed by atoms with E-state index in [2.05, 4.69) is 4.98 Å². The second-order valence-corrected chi connectivity index (χ2v) is 1.28. The Morgan fingerprint density at radius 1 is 1.25 bits per heavy atom. The Labute approximate surface area is 60.3 Å². The summed E-state index contributed by atoms with van der Waals surface area (Å²) in [5, 5.41) is 0. The molecule has 0 N–H and O–H groups in total. The summed E-state index contributed by atoms with van der Waals surface area (Å²) in [5.41, 5.74) is 0.759. The molecule has 0 aliphatic heterocycles. The quantitative estimate of drug-likeness (QED) is 0.515. The van der Waals surface area contributed by atoms with Crippen LogP contribution in [0.4, 0.5) is 0 Å². The van der Waals surface area contributed by atoms with Gasteiger partial charge in [0.2, 0.25) is 0 Å². The summed E-state index contributed by atoms with van der Waals surface area (Å²) < 4.78 is 0. The van der Waals surface area contributed by atoms with E-state index in [9.17, 15) is 0 Å². The van der Waals surface area contributed by atoms with Crippen LogP contribution in [0.2, 0.25) is 0 Å². The number of hydrogen-bond acceptors (Lipinski definition) is 1. The molecule has 0 fully saturated rings. The van der Waals surface area contributed by atoms with Crippen molar-refractivity contribution >= 4 is 30.3 Å². The number of nitrogens with zero attached hydrogens (tertiary/aromatic N) is 1. The van der Waals surface area contributed by atoms with Crippen LogP contribution >= 0.6 is 17.0 Å². The van der Waals surface area contributed by atoms with Crippen LogP contribution in [0, 0.1) is 0 Å². The second kappa shape index (κ2) is 3.67. The predicted octanol–water partition coefficient (Wildman–Crippen LogP) is 0.453. The van der Waals surface area contributed by atoms with Crippen molar-refractivity contribution in [1.82, 2.24) is 4.98 Å². The summed E-state index contributed by atoms with van der Waals surface area (Å²) in [6.45, 7) is 0. The van der Waals surface area contributed by atoms with Gasteiger partial charge in [0.15, 0.2) is 0 Å². The molecule has 1 nitrogen and oxygen atoms in total. The van der Waals surface area contributed by atoms with E-state index < -0.39 is 0 Å². The zero-order chi connectivity index (χ0) is 5.11. The summed E-state index contributed by atoms with van der Waals surface area (Å²) in [5.74, 6) is 0. The van der Waals surface area contributed by atoms with Gasteiger partial charge in [0.1, 0.15) is 7.85 Å². The summed E-state index contributed by atoms with van der Waals surface area (Å²) in [7, 11) is 5.32. The summed E-state index contributed by atoms with van der Waals surface area (Å²) in [6.07, 6.45) is 3.32. The number of rotatable bonds is 0. The van der Waals surface area contributed by atoms with Gasteiger partial charge in [0.25, 0.3) is 0 Å². The highest BCUT2D eigenvalue weighted by atomic mass is 79.9. The fraction of sp³-hybridized carbons (Fsp3) is 0. The highest BCUT2D eigenvalue weighted by Gasteiger charge is 1.72.